The van der Waals surface area contributed by atoms with Crippen LogP contribution in [0.1, 0.15) is 34.1 Å². The first-order chi connectivity index (χ1) is 7.29. The molecule has 0 heterocycles. The fourth-order valence-electron chi connectivity index (χ4n) is 2.17. The van der Waals surface area contributed by atoms with Gasteiger partial charge in [-0.15, -0.1) is 0 Å². The quantitative estimate of drug-likeness (QED) is 0.526. The monoisotopic (exact) mass is 264 g/mol. The molecule has 1 N–H and O–H groups in total. The molecular weight excluding hydrogens is 236 g/mol. The van der Waals surface area contributed by atoms with Crippen LogP contribution in [0.15, 0.2) is 0 Å². The number of aliphatic hydroxyl groups excluding tert-OH is 1. The molecule has 0 aromatic rings. The molecule has 0 spiro atoms. The van der Waals surface area contributed by atoms with Gasteiger partial charge < -0.3 is 14.0 Å². The van der Waals surface area contributed by atoms with Crippen LogP contribution >= 0.6 is 0 Å². The number of hydrogen-bond acceptors (Lipinski definition) is 3. The molecule has 0 aromatic carbocycles. The van der Waals surface area contributed by atoms with E-state index in [9.17, 15) is 5.11 Å². The van der Waals surface area contributed by atoms with Gasteiger partial charge >= 0.3 is 0 Å². The van der Waals surface area contributed by atoms with E-state index in [1.54, 1.807) is 0 Å². The van der Waals surface area contributed by atoms with Crippen molar-refractivity contribution in [1.82, 2.24) is 0 Å². The average molecular weight is 265 g/mol. The van der Waals surface area contributed by atoms with Gasteiger partial charge in [0.05, 0.1) is 0 Å². The van der Waals surface area contributed by atoms with Crippen LogP contribution in [0.5, 0.6) is 0 Å². The van der Waals surface area contributed by atoms with E-state index in [1.165, 1.54) is 0 Å². The highest BCUT2D eigenvalue weighted by Crippen LogP contribution is 2.37. The summed E-state index contributed by atoms with van der Waals surface area (Å²) in [5.41, 5.74) is -0.0999. The van der Waals surface area contributed by atoms with E-state index in [4.69, 9.17) is 8.85 Å². The molecule has 0 atom stereocenters. The van der Waals surface area contributed by atoms with Crippen molar-refractivity contribution in [3.8, 4) is 0 Å². The van der Waals surface area contributed by atoms with Gasteiger partial charge in [-0.1, -0.05) is 40.8 Å². The van der Waals surface area contributed by atoms with Crippen LogP contribution in [0.4, 0.5) is 0 Å². The van der Waals surface area contributed by atoms with Gasteiger partial charge in [-0.2, -0.15) is 0 Å². The number of hydrogen-bond donors (Lipinski definition) is 1. The van der Waals surface area contributed by atoms with E-state index in [0.29, 0.717) is 0 Å². The standard InChI is InChI=1S/C11H28O3Si2/c1-10(2,8-12)7-11(3,4)9(13-15-5)14-16-6/h9,12H,7-8,15-16H2,1-6H3. The molecule has 98 valence electrons. The molecule has 0 aliphatic heterocycles. The zero-order valence-electron chi connectivity index (χ0n) is 11.7. The fourth-order valence-corrected chi connectivity index (χ4v) is 4.07. The van der Waals surface area contributed by atoms with Gasteiger partial charge in [0, 0.05) is 12.0 Å². The van der Waals surface area contributed by atoms with Crippen molar-refractivity contribution in [1.29, 1.82) is 0 Å². The van der Waals surface area contributed by atoms with E-state index in [2.05, 4.69) is 40.8 Å². The minimum Gasteiger partial charge on any atom is -0.400 e. The molecule has 0 unspecified atom stereocenters. The summed E-state index contributed by atoms with van der Waals surface area (Å²) in [6.07, 6.45) is 0.830. The van der Waals surface area contributed by atoms with Crippen molar-refractivity contribution in [2.45, 2.75) is 53.5 Å². The fraction of sp³-hybridized carbons (Fsp3) is 1.00. The van der Waals surface area contributed by atoms with Gasteiger partial charge in [0.15, 0.2) is 19.5 Å². The van der Waals surface area contributed by atoms with Crippen molar-refractivity contribution < 1.29 is 14.0 Å². The molecule has 0 aliphatic carbocycles. The van der Waals surface area contributed by atoms with Gasteiger partial charge in [0.2, 0.25) is 0 Å². The molecule has 16 heavy (non-hydrogen) atoms. The summed E-state index contributed by atoms with van der Waals surface area (Å²) < 4.78 is 11.6. The van der Waals surface area contributed by atoms with Crippen molar-refractivity contribution in [2.75, 3.05) is 6.61 Å². The van der Waals surface area contributed by atoms with Gasteiger partial charge in [-0.25, -0.2) is 0 Å². The Morgan fingerprint density at radius 3 is 1.81 bits per heavy atom. The number of rotatable bonds is 8. The summed E-state index contributed by atoms with van der Waals surface area (Å²) in [6, 6.07) is 0. The summed E-state index contributed by atoms with van der Waals surface area (Å²) in [4.78, 5) is 0. The summed E-state index contributed by atoms with van der Waals surface area (Å²) >= 11 is 0. The first-order valence-electron chi connectivity index (χ1n) is 6.13. The molecule has 0 fully saturated rings. The summed E-state index contributed by atoms with van der Waals surface area (Å²) in [7, 11) is -0.917. The zero-order valence-corrected chi connectivity index (χ0v) is 14.5. The Morgan fingerprint density at radius 2 is 1.50 bits per heavy atom. The Labute approximate surface area is 105 Å². The molecule has 0 aromatic heterocycles. The van der Waals surface area contributed by atoms with Crippen molar-refractivity contribution in [3.05, 3.63) is 0 Å². The maximum Gasteiger partial charge on any atom is 0.161 e. The molecule has 0 aliphatic rings. The van der Waals surface area contributed by atoms with E-state index in [1.807, 2.05) is 0 Å². The maximum absolute atomic E-state index is 9.33. The van der Waals surface area contributed by atoms with Gasteiger partial charge in [-0.05, 0) is 11.8 Å². The second kappa shape index (κ2) is 6.91. The van der Waals surface area contributed by atoms with Gasteiger partial charge in [-0.3, -0.25) is 0 Å². The van der Waals surface area contributed by atoms with Crippen LogP contribution in [-0.4, -0.2) is 37.5 Å². The van der Waals surface area contributed by atoms with E-state index >= 15 is 0 Å². The molecular formula is C11H28O3Si2. The lowest BCUT2D eigenvalue weighted by Gasteiger charge is -2.39. The van der Waals surface area contributed by atoms with Gasteiger partial charge in [0.1, 0.15) is 6.29 Å². The third kappa shape index (κ3) is 5.59. The van der Waals surface area contributed by atoms with Crippen molar-refractivity contribution in [3.63, 3.8) is 0 Å². The molecule has 0 saturated heterocycles. The van der Waals surface area contributed by atoms with Crippen molar-refractivity contribution >= 4 is 19.5 Å². The lowest BCUT2D eigenvalue weighted by molar-refractivity contribution is -0.0981. The largest absolute Gasteiger partial charge is 0.400 e. The minimum atomic E-state index is -0.458. The van der Waals surface area contributed by atoms with Crippen LogP contribution in [0.3, 0.4) is 0 Å². The SMILES string of the molecule is C[SiH2]OC(O[SiH2]C)C(C)(C)CC(C)(C)CO. The van der Waals surface area contributed by atoms with Crippen LogP contribution < -0.4 is 0 Å². The van der Waals surface area contributed by atoms with Crippen LogP contribution in [0.2, 0.25) is 13.1 Å². The van der Waals surface area contributed by atoms with Crippen molar-refractivity contribution in [2.24, 2.45) is 10.8 Å². The average Bonchev–Trinajstić information content (AvgIpc) is 2.16. The lowest BCUT2D eigenvalue weighted by Crippen LogP contribution is -2.40. The number of aliphatic hydroxyl groups is 1. The Kier molecular flexibility index (Phi) is 7.04. The zero-order chi connectivity index (χ0) is 12.8. The smallest absolute Gasteiger partial charge is 0.161 e. The Hall–Kier alpha value is 0.314. The first kappa shape index (κ1) is 16.3. The Bertz CT molecular complexity index is 190. The van der Waals surface area contributed by atoms with E-state index < -0.39 is 19.5 Å². The highest BCUT2D eigenvalue weighted by Gasteiger charge is 2.35. The lowest BCUT2D eigenvalue weighted by atomic mass is 9.75. The maximum atomic E-state index is 9.33. The third-order valence-electron chi connectivity index (χ3n) is 2.64. The topological polar surface area (TPSA) is 38.7 Å². The second-order valence-corrected chi connectivity index (χ2v) is 7.55. The second-order valence-electron chi connectivity index (χ2n) is 5.73. The normalized spacial score (nSPS) is 16.7. The summed E-state index contributed by atoms with van der Waals surface area (Å²) in [5, 5.41) is 9.33. The van der Waals surface area contributed by atoms with E-state index in [0.717, 1.165) is 6.42 Å². The predicted molar refractivity (Wildman–Crippen MR) is 74.0 cm³/mol. The van der Waals surface area contributed by atoms with Gasteiger partial charge in [0.25, 0.3) is 0 Å². The predicted octanol–water partition coefficient (Wildman–Crippen LogP) is 1.04. The minimum absolute atomic E-state index is 0.0295. The molecule has 0 radical (unpaired) electrons. The molecule has 0 saturated carbocycles. The molecule has 3 nitrogen and oxygen atoms in total. The molecule has 0 amide bonds. The van der Waals surface area contributed by atoms with Crippen LogP contribution in [0.25, 0.3) is 0 Å². The highest BCUT2D eigenvalue weighted by molar-refractivity contribution is 6.26. The van der Waals surface area contributed by atoms with Crippen LogP contribution in [-0.2, 0) is 8.85 Å². The Morgan fingerprint density at radius 1 is 1.06 bits per heavy atom. The molecule has 0 rings (SSSR count). The first-order valence-corrected chi connectivity index (χ1v) is 10.1. The molecule has 0 bridgehead atoms. The van der Waals surface area contributed by atoms with E-state index in [-0.39, 0.29) is 23.7 Å². The summed E-state index contributed by atoms with van der Waals surface area (Å²) in [6.45, 7) is 13.0. The highest BCUT2D eigenvalue weighted by atomic mass is 28.2. The third-order valence-corrected chi connectivity index (χ3v) is 3.91. The summed E-state index contributed by atoms with van der Waals surface area (Å²) in [5.74, 6) is 0. The van der Waals surface area contributed by atoms with Crippen LogP contribution in [0, 0.1) is 10.8 Å². The molecule has 5 heteroatoms. The Balaban J connectivity index is 4.56.